The lowest BCUT2D eigenvalue weighted by atomic mass is 9.98. The van der Waals surface area contributed by atoms with Gasteiger partial charge >= 0.3 is 0 Å². The van der Waals surface area contributed by atoms with Gasteiger partial charge in [-0.15, -0.1) is 0 Å². The van der Waals surface area contributed by atoms with Gasteiger partial charge in [-0.2, -0.15) is 5.10 Å². The van der Waals surface area contributed by atoms with Crippen LogP contribution in [0.2, 0.25) is 0 Å². The standard InChI is InChI=1S/C17H23N3/c1-13(2)8-9-16-10-17-18-11-15(12-20(17)19-16)14-6-4-3-5-7-14/h3-7,10,13,15,18H,8-9,11-12H2,1-2H3. The molecule has 0 spiro atoms. The maximum absolute atomic E-state index is 4.75. The van der Waals surface area contributed by atoms with Crippen LogP contribution in [0.3, 0.4) is 0 Å². The molecular formula is C17H23N3. The van der Waals surface area contributed by atoms with Gasteiger partial charge in [-0.05, 0) is 24.3 Å². The summed E-state index contributed by atoms with van der Waals surface area (Å²) in [6, 6.07) is 12.9. The Morgan fingerprint density at radius 1 is 1.30 bits per heavy atom. The zero-order chi connectivity index (χ0) is 13.9. The first-order valence-electron chi connectivity index (χ1n) is 7.58. The van der Waals surface area contributed by atoms with Gasteiger partial charge in [0.25, 0.3) is 0 Å². The molecule has 2 heterocycles. The fraction of sp³-hybridized carbons (Fsp3) is 0.471. The summed E-state index contributed by atoms with van der Waals surface area (Å²) in [6.07, 6.45) is 2.29. The first kappa shape index (κ1) is 13.2. The highest BCUT2D eigenvalue weighted by molar-refractivity contribution is 5.40. The topological polar surface area (TPSA) is 29.9 Å². The Hall–Kier alpha value is -1.77. The molecule has 1 aliphatic heterocycles. The van der Waals surface area contributed by atoms with Crippen molar-refractivity contribution in [1.82, 2.24) is 9.78 Å². The lowest BCUT2D eigenvalue weighted by molar-refractivity contribution is 0.497. The fourth-order valence-electron chi connectivity index (χ4n) is 2.76. The minimum Gasteiger partial charge on any atom is -0.370 e. The summed E-state index contributed by atoms with van der Waals surface area (Å²) in [5.74, 6) is 2.43. The van der Waals surface area contributed by atoms with E-state index in [0.29, 0.717) is 5.92 Å². The molecule has 3 nitrogen and oxygen atoms in total. The number of nitrogens with one attached hydrogen (secondary N) is 1. The summed E-state index contributed by atoms with van der Waals surface area (Å²) in [6.45, 7) is 6.51. The van der Waals surface area contributed by atoms with E-state index in [9.17, 15) is 0 Å². The second-order valence-corrected chi connectivity index (χ2v) is 6.12. The third kappa shape index (κ3) is 2.87. The SMILES string of the molecule is CC(C)CCc1cc2n(n1)CC(c1ccccc1)CN2. The highest BCUT2D eigenvalue weighted by Crippen LogP contribution is 2.26. The Morgan fingerprint density at radius 2 is 2.10 bits per heavy atom. The number of fused-ring (bicyclic) bond motifs is 1. The number of hydrogen-bond donors (Lipinski definition) is 1. The van der Waals surface area contributed by atoms with Gasteiger partial charge in [-0.25, -0.2) is 4.68 Å². The average Bonchev–Trinajstić information content (AvgIpc) is 2.88. The van der Waals surface area contributed by atoms with Crippen LogP contribution in [-0.4, -0.2) is 16.3 Å². The van der Waals surface area contributed by atoms with Gasteiger partial charge in [-0.1, -0.05) is 44.2 Å². The molecule has 1 aromatic heterocycles. The van der Waals surface area contributed by atoms with Crippen LogP contribution in [0, 0.1) is 5.92 Å². The number of benzene rings is 1. The molecule has 0 bridgehead atoms. The van der Waals surface area contributed by atoms with E-state index in [1.54, 1.807) is 0 Å². The smallest absolute Gasteiger partial charge is 0.124 e. The van der Waals surface area contributed by atoms with Gasteiger partial charge in [0, 0.05) is 18.5 Å². The number of anilines is 1. The van der Waals surface area contributed by atoms with E-state index in [2.05, 4.69) is 60.2 Å². The van der Waals surface area contributed by atoms with Crippen LogP contribution < -0.4 is 5.32 Å². The summed E-state index contributed by atoms with van der Waals surface area (Å²) >= 11 is 0. The van der Waals surface area contributed by atoms with Gasteiger partial charge in [-0.3, -0.25) is 0 Å². The van der Waals surface area contributed by atoms with Crippen molar-refractivity contribution in [1.29, 1.82) is 0 Å². The summed E-state index contributed by atoms with van der Waals surface area (Å²) in [5.41, 5.74) is 2.61. The minimum atomic E-state index is 0.515. The van der Waals surface area contributed by atoms with Gasteiger partial charge in [0.15, 0.2) is 0 Å². The number of hydrogen-bond acceptors (Lipinski definition) is 2. The molecule has 2 aromatic rings. The zero-order valence-electron chi connectivity index (χ0n) is 12.3. The third-order valence-corrected chi connectivity index (χ3v) is 4.00. The van der Waals surface area contributed by atoms with E-state index in [1.807, 2.05) is 0 Å². The van der Waals surface area contributed by atoms with E-state index >= 15 is 0 Å². The van der Waals surface area contributed by atoms with Crippen molar-refractivity contribution in [2.75, 3.05) is 11.9 Å². The van der Waals surface area contributed by atoms with Crippen molar-refractivity contribution in [2.45, 2.75) is 39.2 Å². The number of rotatable bonds is 4. The van der Waals surface area contributed by atoms with Gasteiger partial charge in [0.1, 0.15) is 5.82 Å². The molecule has 0 saturated heterocycles. The Balaban J connectivity index is 1.71. The summed E-state index contributed by atoms with van der Waals surface area (Å²) < 4.78 is 2.14. The molecule has 3 heteroatoms. The van der Waals surface area contributed by atoms with Gasteiger partial charge < -0.3 is 5.32 Å². The first-order chi connectivity index (χ1) is 9.72. The molecule has 0 aliphatic carbocycles. The Kier molecular flexibility index (Phi) is 3.77. The summed E-state index contributed by atoms with van der Waals surface area (Å²) in [5, 5.41) is 8.27. The predicted molar refractivity (Wildman–Crippen MR) is 83.1 cm³/mol. The molecule has 106 valence electrons. The lowest BCUT2D eigenvalue weighted by Crippen LogP contribution is -2.26. The molecule has 1 aromatic carbocycles. The van der Waals surface area contributed by atoms with Crippen LogP contribution in [0.25, 0.3) is 0 Å². The largest absolute Gasteiger partial charge is 0.370 e. The average molecular weight is 269 g/mol. The molecule has 20 heavy (non-hydrogen) atoms. The molecule has 0 amide bonds. The first-order valence-corrected chi connectivity index (χ1v) is 7.58. The second-order valence-electron chi connectivity index (χ2n) is 6.12. The molecule has 0 fully saturated rings. The molecule has 1 unspecified atom stereocenters. The van der Waals surface area contributed by atoms with E-state index in [1.165, 1.54) is 23.5 Å². The normalized spacial score (nSPS) is 17.9. The van der Waals surface area contributed by atoms with E-state index in [4.69, 9.17) is 5.10 Å². The predicted octanol–water partition coefficient (Wildman–Crippen LogP) is 3.68. The molecule has 0 radical (unpaired) electrons. The van der Waals surface area contributed by atoms with E-state index in [0.717, 1.165) is 25.4 Å². The Morgan fingerprint density at radius 3 is 2.85 bits per heavy atom. The van der Waals surface area contributed by atoms with E-state index < -0.39 is 0 Å². The summed E-state index contributed by atoms with van der Waals surface area (Å²) in [4.78, 5) is 0. The van der Waals surface area contributed by atoms with Crippen molar-refractivity contribution >= 4 is 5.82 Å². The Labute approximate surface area is 121 Å². The van der Waals surface area contributed by atoms with Crippen molar-refractivity contribution in [3.05, 3.63) is 47.7 Å². The van der Waals surface area contributed by atoms with Crippen LogP contribution in [0.1, 0.15) is 37.4 Å². The quantitative estimate of drug-likeness (QED) is 0.917. The molecule has 3 rings (SSSR count). The van der Waals surface area contributed by atoms with Crippen LogP contribution in [-0.2, 0) is 13.0 Å². The molecule has 1 aliphatic rings. The minimum absolute atomic E-state index is 0.515. The maximum Gasteiger partial charge on any atom is 0.124 e. The maximum atomic E-state index is 4.75. The molecular weight excluding hydrogens is 246 g/mol. The zero-order valence-corrected chi connectivity index (χ0v) is 12.3. The monoisotopic (exact) mass is 269 g/mol. The van der Waals surface area contributed by atoms with Crippen molar-refractivity contribution in [2.24, 2.45) is 5.92 Å². The van der Waals surface area contributed by atoms with Crippen molar-refractivity contribution in [3.8, 4) is 0 Å². The number of aromatic nitrogens is 2. The van der Waals surface area contributed by atoms with E-state index in [-0.39, 0.29) is 0 Å². The fourth-order valence-corrected chi connectivity index (χ4v) is 2.76. The number of nitrogens with zero attached hydrogens (tertiary/aromatic N) is 2. The highest BCUT2D eigenvalue weighted by Gasteiger charge is 2.21. The van der Waals surface area contributed by atoms with Crippen molar-refractivity contribution < 1.29 is 0 Å². The van der Waals surface area contributed by atoms with Crippen LogP contribution in [0.5, 0.6) is 0 Å². The molecule has 0 saturated carbocycles. The second kappa shape index (κ2) is 5.70. The molecule has 1 N–H and O–H groups in total. The highest BCUT2D eigenvalue weighted by atomic mass is 15.3. The van der Waals surface area contributed by atoms with Crippen LogP contribution >= 0.6 is 0 Å². The van der Waals surface area contributed by atoms with Crippen molar-refractivity contribution in [3.63, 3.8) is 0 Å². The van der Waals surface area contributed by atoms with Gasteiger partial charge in [0.2, 0.25) is 0 Å². The van der Waals surface area contributed by atoms with Crippen LogP contribution in [0.4, 0.5) is 5.82 Å². The van der Waals surface area contributed by atoms with Crippen LogP contribution in [0.15, 0.2) is 36.4 Å². The lowest BCUT2D eigenvalue weighted by Gasteiger charge is -2.25. The molecule has 1 atom stereocenters. The number of aryl methyl sites for hydroxylation is 1. The van der Waals surface area contributed by atoms with Gasteiger partial charge in [0.05, 0.1) is 12.2 Å². The Bertz CT molecular complexity index is 557. The summed E-state index contributed by atoms with van der Waals surface area (Å²) in [7, 11) is 0. The third-order valence-electron chi connectivity index (χ3n) is 4.00.